The summed E-state index contributed by atoms with van der Waals surface area (Å²) >= 11 is 1.54. The Bertz CT molecular complexity index is 494. The van der Waals surface area contributed by atoms with E-state index in [2.05, 4.69) is 5.32 Å². The number of hydrogen-bond acceptors (Lipinski definition) is 6. The van der Waals surface area contributed by atoms with E-state index in [0.717, 1.165) is 5.56 Å². The van der Waals surface area contributed by atoms with Crippen molar-refractivity contribution < 1.29 is 14.5 Å². The Morgan fingerprint density at radius 2 is 2.42 bits per heavy atom. The van der Waals surface area contributed by atoms with Crippen molar-refractivity contribution in [2.45, 2.75) is 18.3 Å². The third-order valence-electron chi connectivity index (χ3n) is 2.74. The molecule has 0 saturated carbocycles. The van der Waals surface area contributed by atoms with Crippen LogP contribution in [0.5, 0.6) is 0 Å². The zero-order chi connectivity index (χ0) is 13.8. The van der Waals surface area contributed by atoms with Crippen LogP contribution in [-0.2, 0) is 9.53 Å². The zero-order valence-electron chi connectivity index (χ0n) is 10.4. The van der Waals surface area contributed by atoms with Crippen LogP contribution < -0.4 is 5.32 Å². The Morgan fingerprint density at radius 3 is 3.11 bits per heavy atom. The van der Waals surface area contributed by atoms with Crippen LogP contribution >= 0.6 is 11.8 Å². The number of nitrogens with one attached hydrogen (secondary N) is 1. The Hall–Kier alpha value is -1.60. The molecule has 1 aromatic carbocycles. The van der Waals surface area contributed by atoms with Crippen molar-refractivity contribution in [1.82, 2.24) is 5.32 Å². The summed E-state index contributed by atoms with van der Waals surface area (Å²) < 4.78 is 4.95. The number of carbonyl (C=O) groups is 1. The lowest BCUT2D eigenvalue weighted by Gasteiger charge is -2.12. The van der Waals surface area contributed by atoms with Gasteiger partial charge in [-0.15, -0.1) is 11.8 Å². The second-order valence-corrected chi connectivity index (χ2v) is 5.17. The molecule has 19 heavy (non-hydrogen) atoms. The number of non-ortho nitro benzene ring substituents is 1. The summed E-state index contributed by atoms with van der Waals surface area (Å²) in [5.41, 5.74) is 0.852. The van der Waals surface area contributed by atoms with Crippen LogP contribution in [0.3, 0.4) is 0 Å². The molecule has 102 valence electrons. The number of hydrogen-bond donors (Lipinski definition) is 1. The molecule has 0 spiro atoms. The van der Waals surface area contributed by atoms with E-state index >= 15 is 0 Å². The van der Waals surface area contributed by atoms with Crippen molar-refractivity contribution in [2.75, 3.05) is 12.4 Å². The van der Waals surface area contributed by atoms with E-state index in [1.54, 1.807) is 24.8 Å². The van der Waals surface area contributed by atoms with Gasteiger partial charge in [0.2, 0.25) is 0 Å². The van der Waals surface area contributed by atoms with Gasteiger partial charge in [0.05, 0.1) is 16.9 Å². The van der Waals surface area contributed by atoms with Crippen molar-refractivity contribution in [1.29, 1.82) is 0 Å². The third kappa shape index (κ3) is 3.24. The third-order valence-corrected chi connectivity index (χ3v) is 4.00. The van der Waals surface area contributed by atoms with E-state index in [9.17, 15) is 14.9 Å². The first kappa shape index (κ1) is 13.8. The van der Waals surface area contributed by atoms with Gasteiger partial charge in [-0.25, -0.2) is 0 Å². The van der Waals surface area contributed by atoms with E-state index in [4.69, 9.17) is 4.74 Å². The molecule has 0 aliphatic carbocycles. The minimum Gasteiger partial charge on any atom is -0.465 e. The van der Waals surface area contributed by atoms with Crippen molar-refractivity contribution in [3.63, 3.8) is 0 Å². The average molecular weight is 282 g/mol. The van der Waals surface area contributed by atoms with E-state index in [0.29, 0.717) is 12.4 Å². The SMILES string of the molecule is CCOC(=O)[C@H]1CS[C@H](c2cccc([N+](=O)[O-])c2)N1. The second-order valence-electron chi connectivity index (χ2n) is 4.04. The fourth-order valence-electron chi connectivity index (χ4n) is 1.84. The predicted octanol–water partition coefficient (Wildman–Crippen LogP) is 1.86. The van der Waals surface area contributed by atoms with E-state index in [1.165, 1.54) is 12.1 Å². The lowest BCUT2D eigenvalue weighted by Crippen LogP contribution is -2.35. The molecule has 1 aromatic rings. The predicted molar refractivity (Wildman–Crippen MR) is 71.9 cm³/mol. The van der Waals surface area contributed by atoms with Gasteiger partial charge in [0, 0.05) is 17.9 Å². The lowest BCUT2D eigenvalue weighted by atomic mass is 10.2. The maximum absolute atomic E-state index is 11.6. The number of nitro groups is 1. The molecular weight excluding hydrogens is 268 g/mol. The van der Waals surface area contributed by atoms with Gasteiger partial charge in [-0.05, 0) is 12.5 Å². The minimum atomic E-state index is -0.425. The molecule has 1 aliphatic heterocycles. The quantitative estimate of drug-likeness (QED) is 0.515. The first-order chi connectivity index (χ1) is 9.11. The first-order valence-electron chi connectivity index (χ1n) is 5.90. The lowest BCUT2D eigenvalue weighted by molar-refractivity contribution is -0.384. The van der Waals surface area contributed by atoms with Gasteiger partial charge in [0.1, 0.15) is 6.04 Å². The van der Waals surface area contributed by atoms with Gasteiger partial charge in [-0.2, -0.15) is 0 Å². The average Bonchev–Trinajstić information content (AvgIpc) is 2.89. The van der Waals surface area contributed by atoms with Gasteiger partial charge in [-0.1, -0.05) is 12.1 Å². The van der Waals surface area contributed by atoms with Crippen molar-refractivity contribution in [3.8, 4) is 0 Å². The highest BCUT2D eigenvalue weighted by molar-refractivity contribution is 7.99. The number of ether oxygens (including phenoxy) is 1. The minimum absolute atomic E-state index is 0.0551. The Balaban J connectivity index is 2.06. The fraction of sp³-hybridized carbons (Fsp3) is 0.417. The molecule has 0 radical (unpaired) electrons. The molecular formula is C12H14N2O4S. The highest BCUT2D eigenvalue weighted by Crippen LogP contribution is 2.34. The van der Waals surface area contributed by atoms with Crippen molar-refractivity contribution in [2.24, 2.45) is 0 Å². The van der Waals surface area contributed by atoms with Crippen LogP contribution in [0.4, 0.5) is 5.69 Å². The Labute approximate surface area is 114 Å². The maximum atomic E-state index is 11.6. The number of nitrogens with zero attached hydrogens (tertiary/aromatic N) is 1. The smallest absolute Gasteiger partial charge is 0.324 e. The summed E-state index contributed by atoms with van der Waals surface area (Å²) in [4.78, 5) is 21.9. The summed E-state index contributed by atoms with van der Waals surface area (Å²) in [6.45, 7) is 2.11. The van der Waals surface area contributed by atoms with Crippen LogP contribution in [0.15, 0.2) is 24.3 Å². The molecule has 2 rings (SSSR count). The molecule has 0 unspecified atom stereocenters. The highest BCUT2D eigenvalue weighted by Gasteiger charge is 2.31. The Kier molecular flexibility index (Phi) is 4.39. The topological polar surface area (TPSA) is 81.5 Å². The van der Waals surface area contributed by atoms with Crippen LogP contribution in [0.25, 0.3) is 0 Å². The van der Waals surface area contributed by atoms with E-state index in [1.807, 2.05) is 6.07 Å². The van der Waals surface area contributed by atoms with Gasteiger partial charge in [0.25, 0.3) is 5.69 Å². The molecule has 2 atom stereocenters. The van der Waals surface area contributed by atoms with Crippen LogP contribution in [0, 0.1) is 10.1 Å². The zero-order valence-corrected chi connectivity index (χ0v) is 11.2. The van der Waals surface area contributed by atoms with Gasteiger partial charge >= 0.3 is 5.97 Å². The largest absolute Gasteiger partial charge is 0.465 e. The van der Waals surface area contributed by atoms with Crippen molar-refractivity contribution >= 4 is 23.4 Å². The maximum Gasteiger partial charge on any atom is 0.324 e. The molecule has 1 saturated heterocycles. The number of benzene rings is 1. The highest BCUT2D eigenvalue weighted by atomic mass is 32.2. The second kappa shape index (κ2) is 6.03. The molecule has 6 nitrogen and oxygen atoms in total. The molecule has 0 aromatic heterocycles. The summed E-state index contributed by atoms with van der Waals surface area (Å²) in [7, 11) is 0. The normalized spacial score (nSPS) is 22.2. The van der Waals surface area contributed by atoms with Crippen LogP contribution in [0.2, 0.25) is 0 Å². The number of rotatable bonds is 4. The number of esters is 1. The van der Waals surface area contributed by atoms with E-state index < -0.39 is 4.92 Å². The standard InChI is InChI=1S/C12H14N2O4S/c1-2-18-12(15)10-7-19-11(13-10)8-4-3-5-9(6-8)14(16)17/h3-6,10-11,13H,2,7H2,1H3/t10-,11-/m1/s1. The number of nitro benzene ring substituents is 1. The van der Waals surface area contributed by atoms with Crippen LogP contribution in [-0.4, -0.2) is 29.3 Å². The Morgan fingerprint density at radius 1 is 1.63 bits per heavy atom. The summed E-state index contributed by atoms with van der Waals surface area (Å²) in [5.74, 6) is 0.328. The van der Waals surface area contributed by atoms with Crippen molar-refractivity contribution in [3.05, 3.63) is 39.9 Å². The molecule has 1 fully saturated rings. The van der Waals surface area contributed by atoms with E-state index in [-0.39, 0.29) is 23.1 Å². The number of thioether (sulfide) groups is 1. The van der Waals surface area contributed by atoms with Gasteiger partial charge in [-0.3, -0.25) is 20.2 Å². The summed E-state index contributed by atoms with van der Waals surface area (Å²) in [6.07, 6.45) is 0. The fourth-order valence-corrected chi connectivity index (χ4v) is 3.06. The molecule has 1 N–H and O–H groups in total. The molecule has 1 aliphatic rings. The summed E-state index contributed by atoms with van der Waals surface area (Å²) in [6, 6.07) is 6.08. The van der Waals surface area contributed by atoms with Gasteiger partial charge < -0.3 is 4.74 Å². The molecule has 7 heteroatoms. The van der Waals surface area contributed by atoms with Crippen LogP contribution in [0.1, 0.15) is 17.9 Å². The first-order valence-corrected chi connectivity index (χ1v) is 6.95. The molecule has 0 bridgehead atoms. The number of carbonyl (C=O) groups excluding carboxylic acids is 1. The summed E-state index contributed by atoms with van der Waals surface area (Å²) in [5, 5.41) is 13.7. The molecule has 0 amide bonds. The molecule has 1 heterocycles. The van der Waals surface area contributed by atoms with Gasteiger partial charge in [0.15, 0.2) is 0 Å². The monoisotopic (exact) mass is 282 g/mol.